The molecule has 0 radical (unpaired) electrons. The van der Waals surface area contributed by atoms with Crippen molar-refractivity contribution in [1.82, 2.24) is 19.2 Å². The number of piperidine rings is 1. The van der Waals surface area contributed by atoms with Crippen molar-refractivity contribution in [2.45, 2.75) is 50.6 Å². The monoisotopic (exact) mass is 390 g/mol. The summed E-state index contributed by atoms with van der Waals surface area (Å²) in [4.78, 5) is 28.5. The Kier molecular flexibility index (Phi) is 5.45. The van der Waals surface area contributed by atoms with Crippen LogP contribution < -0.4 is 5.69 Å². The van der Waals surface area contributed by atoms with Crippen molar-refractivity contribution in [3.63, 3.8) is 0 Å². The molecule has 1 saturated carbocycles. The Labute approximate surface area is 162 Å². The van der Waals surface area contributed by atoms with Crippen LogP contribution in [0.25, 0.3) is 0 Å². The van der Waals surface area contributed by atoms with Gasteiger partial charge in [-0.2, -0.15) is 5.10 Å². The number of methoxy groups -OCH3 is 1. The van der Waals surface area contributed by atoms with Gasteiger partial charge >= 0.3 is 5.69 Å². The Hall–Kier alpha value is -1.93. The minimum absolute atomic E-state index is 0.0356. The van der Waals surface area contributed by atoms with Crippen LogP contribution in [0.2, 0.25) is 0 Å². The van der Waals surface area contributed by atoms with E-state index in [4.69, 9.17) is 4.74 Å². The SMILES string of the molecule is COCCn1nc(C2CCCN(C(=O)Cc3cccs3)C2)n(C2CC2)c1=O. The maximum Gasteiger partial charge on any atom is 0.346 e. The number of thiophene rings is 1. The number of ether oxygens (including phenoxy) is 1. The highest BCUT2D eigenvalue weighted by molar-refractivity contribution is 7.10. The third kappa shape index (κ3) is 4.01. The van der Waals surface area contributed by atoms with Gasteiger partial charge in [0.15, 0.2) is 0 Å². The fourth-order valence-electron chi connectivity index (χ4n) is 3.80. The average Bonchev–Trinajstić information content (AvgIpc) is 3.28. The molecule has 27 heavy (non-hydrogen) atoms. The highest BCUT2D eigenvalue weighted by Crippen LogP contribution is 2.37. The van der Waals surface area contributed by atoms with E-state index in [-0.39, 0.29) is 23.6 Å². The number of carbonyl (C=O) groups excluding carboxylic acids is 1. The lowest BCUT2D eigenvalue weighted by molar-refractivity contribution is -0.131. The Morgan fingerprint density at radius 3 is 2.93 bits per heavy atom. The van der Waals surface area contributed by atoms with Gasteiger partial charge in [-0.05, 0) is 37.1 Å². The van der Waals surface area contributed by atoms with Crippen molar-refractivity contribution < 1.29 is 9.53 Å². The summed E-state index contributed by atoms with van der Waals surface area (Å²) in [5.41, 5.74) is -0.0356. The van der Waals surface area contributed by atoms with Gasteiger partial charge in [0.2, 0.25) is 5.91 Å². The van der Waals surface area contributed by atoms with Gasteiger partial charge in [0.1, 0.15) is 5.82 Å². The molecular formula is C19H26N4O3S. The third-order valence-electron chi connectivity index (χ3n) is 5.36. The summed E-state index contributed by atoms with van der Waals surface area (Å²) in [5, 5.41) is 6.66. The number of hydrogen-bond acceptors (Lipinski definition) is 5. The van der Waals surface area contributed by atoms with Crippen LogP contribution in [0.15, 0.2) is 22.3 Å². The van der Waals surface area contributed by atoms with Gasteiger partial charge < -0.3 is 9.64 Å². The maximum absolute atomic E-state index is 12.8. The maximum atomic E-state index is 12.8. The van der Waals surface area contributed by atoms with E-state index in [9.17, 15) is 9.59 Å². The van der Waals surface area contributed by atoms with Crippen molar-refractivity contribution in [3.05, 3.63) is 38.7 Å². The number of likely N-dealkylation sites (tertiary alicyclic amines) is 1. The molecule has 2 aromatic heterocycles. The van der Waals surface area contributed by atoms with Crippen molar-refractivity contribution in [3.8, 4) is 0 Å². The number of hydrogen-bond donors (Lipinski definition) is 0. The third-order valence-corrected chi connectivity index (χ3v) is 6.24. The van der Waals surface area contributed by atoms with Crippen LogP contribution in [0.1, 0.15) is 48.3 Å². The molecule has 2 aliphatic rings. The lowest BCUT2D eigenvalue weighted by Gasteiger charge is -2.32. The molecule has 0 bridgehead atoms. The number of aromatic nitrogens is 3. The molecule has 0 aromatic carbocycles. The van der Waals surface area contributed by atoms with Crippen LogP contribution >= 0.6 is 11.3 Å². The lowest BCUT2D eigenvalue weighted by atomic mass is 9.96. The van der Waals surface area contributed by atoms with Crippen molar-refractivity contribution in [2.24, 2.45) is 0 Å². The normalized spacial score (nSPS) is 20.2. The molecule has 0 N–H and O–H groups in total. The topological polar surface area (TPSA) is 69.4 Å². The molecule has 8 heteroatoms. The molecule has 1 aliphatic carbocycles. The van der Waals surface area contributed by atoms with Crippen LogP contribution in [0.4, 0.5) is 0 Å². The number of nitrogens with zero attached hydrogens (tertiary/aromatic N) is 4. The van der Waals surface area contributed by atoms with Crippen molar-refractivity contribution in [2.75, 3.05) is 26.8 Å². The highest BCUT2D eigenvalue weighted by Gasteiger charge is 2.35. The molecule has 1 unspecified atom stereocenters. The van der Waals surface area contributed by atoms with Crippen LogP contribution in [0.5, 0.6) is 0 Å². The first kappa shape index (κ1) is 18.4. The summed E-state index contributed by atoms with van der Waals surface area (Å²) in [7, 11) is 1.63. The smallest absolute Gasteiger partial charge is 0.346 e. The molecule has 4 rings (SSSR count). The van der Waals surface area contributed by atoms with Crippen LogP contribution in [0.3, 0.4) is 0 Å². The van der Waals surface area contributed by atoms with Crippen LogP contribution in [-0.4, -0.2) is 52.0 Å². The summed E-state index contributed by atoms with van der Waals surface area (Å²) in [6.45, 7) is 2.38. The zero-order valence-corrected chi connectivity index (χ0v) is 16.5. The van der Waals surface area contributed by atoms with Gasteiger partial charge in [-0.15, -0.1) is 11.3 Å². The van der Waals surface area contributed by atoms with Crippen LogP contribution in [0, 0.1) is 0 Å². The van der Waals surface area contributed by atoms with Gasteiger partial charge in [0.05, 0.1) is 19.6 Å². The van der Waals surface area contributed by atoms with E-state index in [1.54, 1.807) is 18.4 Å². The molecule has 0 spiro atoms. The summed E-state index contributed by atoms with van der Waals surface area (Å²) in [6.07, 6.45) is 4.45. The largest absolute Gasteiger partial charge is 0.383 e. The second kappa shape index (κ2) is 7.98. The second-order valence-electron chi connectivity index (χ2n) is 7.39. The van der Waals surface area contributed by atoms with Gasteiger partial charge in [-0.1, -0.05) is 6.07 Å². The summed E-state index contributed by atoms with van der Waals surface area (Å²) in [6, 6.07) is 4.26. The molecule has 1 amide bonds. The predicted molar refractivity (Wildman–Crippen MR) is 103 cm³/mol. The van der Waals surface area contributed by atoms with E-state index < -0.39 is 0 Å². The highest BCUT2D eigenvalue weighted by atomic mass is 32.1. The molecule has 1 aliphatic heterocycles. The zero-order chi connectivity index (χ0) is 18.8. The molecule has 2 fully saturated rings. The summed E-state index contributed by atoms with van der Waals surface area (Å²) >= 11 is 1.62. The second-order valence-corrected chi connectivity index (χ2v) is 8.43. The first-order valence-corrected chi connectivity index (χ1v) is 10.5. The lowest BCUT2D eigenvalue weighted by Crippen LogP contribution is -2.40. The summed E-state index contributed by atoms with van der Waals surface area (Å²) in [5.74, 6) is 1.15. The van der Waals surface area contributed by atoms with E-state index in [0.717, 1.165) is 42.9 Å². The number of amides is 1. The molecule has 1 atom stereocenters. The first-order valence-electron chi connectivity index (χ1n) is 9.65. The fourth-order valence-corrected chi connectivity index (χ4v) is 4.50. The number of rotatable bonds is 7. The fraction of sp³-hybridized carbons (Fsp3) is 0.632. The molecule has 3 heterocycles. The average molecular weight is 391 g/mol. The minimum Gasteiger partial charge on any atom is -0.383 e. The van der Waals surface area contributed by atoms with E-state index in [0.29, 0.717) is 26.1 Å². The van der Waals surface area contributed by atoms with Crippen LogP contribution in [-0.2, 0) is 22.5 Å². The Morgan fingerprint density at radius 1 is 1.37 bits per heavy atom. The summed E-state index contributed by atoms with van der Waals surface area (Å²) < 4.78 is 8.52. The standard InChI is InChI=1S/C19H26N4O3S/c1-26-10-9-22-19(25)23(15-6-7-15)18(20-22)14-4-2-8-21(13-14)17(24)12-16-5-3-11-27-16/h3,5,11,14-15H,2,4,6-10,12-13H2,1H3. The molecule has 2 aromatic rings. The number of carbonyl (C=O) groups is 1. The van der Waals surface area contributed by atoms with E-state index in [2.05, 4.69) is 5.10 Å². The predicted octanol–water partition coefficient (Wildman–Crippen LogP) is 2.04. The van der Waals surface area contributed by atoms with E-state index in [1.807, 2.05) is 27.0 Å². The quantitative estimate of drug-likeness (QED) is 0.725. The van der Waals surface area contributed by atoms with E-state index in [1.165, 1.54) is 4.68 Å². The zero-order valence-electron chi connectivity index (χ0n) is 15.7. The van der Waals surface area contributed by atoms with E-state index >= 15 is 0 Å². The van der Waals surface area contributed by atoms with Gasteiger partial charge in [0, 0.05) is 37.0 Å². The molecular weight excluding hydrogens is 364 g/mol. The van der Waals surface area contributed by atoms with Gasteiger partial charge in [-0.25, -0.2) is 9.48 Å². The van der Waals surface area contributed by atoms with Crippen molar-refractivity contribution >= 4 is 17.2 Å². The minimum atomic E-state index is -0.0356. The Bertz CT molecular complexity index is 838. The molecule has 1 saturated heterocycles. The Morgan fingerprint density at radius 2 is 2.22 bits per heavy atom. The Balaban J connectivity index is 1.52. The van der Waals surface area contributed by atoms with Gasteiger partial charge in [0.25, 0.3) is 0 Å². The molecule has 7 nitrogen and oxygen atoms in total. The van der Waals surface area contributed by atoms with Gasteiger partial charge in [-0.3, -0.25) is 9.36 Å². The van der Waals surface area contributed by atoms with Crippen molar-refractivity contribution in [1.29, 1.82) is 0 Å². The first-order chi connectivity index (χ1) is 13.2. The molecule has 146 valence electrons.